The summed E-state index contributed by atoms with van der Waals surface area (Å²) in [6, 6.07) is 7.40. The maximum atomic E-state index is 13.3. The van der Waals surface area contributed by atoms with Crippen LogP contribution >= 0.6 is 0 Å². The Bertz CT molecular complexity index is 1090. The fraction of sp³-hybridized carbons (Fsp3) is 0.556. The Morgan fingerprint density at radius 2 is 1.72 bits per heavy atom. The molecule has 0 fully saturated rings. The number of esters is 1. The van der Waals surface area contributed by atoms with Gasteiger partial charge in [0.15, 0.2) is 0 Å². The third kappa shape index (κ3) is 9.47. The second-order valence-corrected chi connectivity index (χ2v) is 9.70. The lowest BCUT2D eigenvalue weighted by Crippen LogP contribution is -2.48. The van der Waals surface area contributed by atoms with Crippen molar-refractivity contribution in [2.45, 2.75) is 75.9 Å². The van der Waals surface area contributed by atoms with Gasteiger partial charge in [-0.15, -0.1) is 5.10 Å². The van der Waals surface area contributed by atoms with Crippen LogP contribution in [0.1, 0.15) is 62.2 Å². The molecule has 3 amide bonds. The Labute approximate surface area is 228 Å². The van der Waals surface area contributed by atoms with Crippen LogP contribution < -0.4 is 21.7 Å². The maximum absolute atomic E-state index is 13.3. The molecule has 1 aliphatic rings. The summed E-state index contributed by atoms with van der Waals surface area (Å²) in [6.45, 7) is 0.826. The number of nitrogens with zero attached hydrogens (tertiary/aromatic N) is 3. The standard InChI is InChI=1S/C27H39N7O5/c1-39-27(38)22-12-6-8-16-30-26(37)23(17-19-9-3-2-4-10-19)34-20(18-31-33-34)13-14-24(35)29-15-7-5-11-21(28)25(36)32-22/h2-4,9-10,18,21-23H,5-8,11-17,28H2,1H3,(H,29,35)(H,30,37)(H,32,36)/t21-,22-,23+/m0/s1. The zero-order chi connectivity index (χ0) is 28.0. The summed E-state index contributed by atoms with van der Waals surface area (Å²) in [4.78, 5) is 50.5. The van der Waals surface area contributed by atoms with E-state index < -0.39 is 30.0 Å². The lowest BCUT2D eigenvalue weighted by Gasteiger charge is -2.20. The van der Waals surface area contributed by atoms with E-state index in [1.165, 1.54) is 7.11 Å². The molecule has 1 aliphatic heterocycles. The second-order valence-electron chi connectivity index (χ2n) is 9.70. The van der Waals surface area contributed by atoms with Crippen LogP contribution in [-0.2, 0) is 36.8 Å². The average Bonchev–Trinajstić information content (AvgIpc) is 3.41. The number of methoxy groups -OCH3 is 1. The molecule has 3 rings (SSSR count). The third-order valence-electron chi connectivity index (χ3n) is 6.75. The molecule has 39 heavy (non-hydrogen) atoms. The number of aromatic nitrogens is 3. The number of benzene rings is 1. The molecule has 0 spiro atoms. The van der Waals surface area contributed by atoms with Crippen LogP contribution in [0.3, 0.4) is 0 Å². The molecule has 1 aromatic carbocycles. The highest BCUT2D eigenvalue weighted by atomic mass is 16.5. The Balaban J connectivity index is 1.74. The molecule has 12 nitrogen and oxygen atoms in total. The number of ether oxygens (including phenoxy) is 1. The SMILES string of the molecule is COC(=O)[C@@H]1CCCCNC(=O)[C@@H](Cc2ccccc2)n2nncc2CCC(=O)NCCCC[C@H](N)C(=O)N1. The fourth-order valence-corrected chi connectivity index (χ4v) is 4.48. The van der Waals surface area contributed by atoms with E-state index in [0.717, 1.165) is 5.56 Å². The molecule has 2 heterocycles. The highest BCUT2D eigenvalue weighted by Gasteiger charge is 2.26. The molecule has 1 aromatic heterocycles. The second kappa shape index (κ2) is 15.6. The van der Waals surface area contributed by atoms with E-state index in [9.17, 15) is 19.2 Å². The Morgan fingerprint density at radius 1 is 1.00 bits per heavy atom. The van der Waals surface area contributed by atoms with E-state index in [2.05, 4.69) is 26.3 Å². The molecular formula is C27H39N7O5. The molecule has 0 saturated carbocycles. The lowest BCUT2D eigenvalue weighted by molar-refractivity contribution is -0.145. The van der Waals surface area contributed by atoms with E-state index in [4.69, 9.17) is 10.5 Å². The van der Waals surface area contributed by atoms with Gasteiger partial charge in [-0.1, -0.05) is 35.5 Å². The summed E-state index contributed by atoms with van der Waals surface area (Å²) < 4.78 is 6.45. The molecule has 212 valence electrons. The number of nitrogens with one attached hydrogen (secondary N) is 3. The maximum Gasteiger partial charge on any atom is 0.328 e. The molecular weight excluding hydrogens is 502 g/mol. The van der Waals surface area contributed by atoms with Crippen molar-refractivity contribution in [3.05, 3.63) is 47.8 Å². The first-order valence-corrected chi connectivity index (χ1v) is 13.5. The van der Waals surface area contributed by atoms with E-state index in [1.54, 1.807) is 10.9 Å². The number of hydrogen-bond acceptors (Lipinski definition) is 8. The van der Waals surface area contributed by atoms with Crippen molar-refractivity contribution in [1.82, 2.24) is 30.9 Å². The number of aryl methyl sites for hydroxylation is 1. The van der Waals surface area contributed by atoms with Gasteiger partial charge < -0.3 is 26.4 Å². The highest BCUT2D eigenvalue weighted by Crippen LogP contribution is 2.17. The first kappa shape index (κ1) is 29.8. The van der Waals surface area contributed by atoms with Crippen LogP contribution in [0.2, 0.25) is 0 Å². The summed E-state index contributed by atoms with van der Waals surface area (Å²) >= 11 is 0. The van der Waals surface area contributed by atoms with Crippen molar-refractivity contribution in [3.8, 4) is 0 Å². The van der Waals surface area contributed by atoms with Crippen LogP contribution in [0.15, 0.2) is 36.5 Å². The minimum atomic E-state index is -0.818. The summed E-state index contributed by atoms with van der Waals surface area (Å²) in [5.41, 5.74) is 7.69. The van der Waals surface area contributed by atoms with Crippen molar-refractivity contribution in [3.63, 3.8) is 0 Å². The summed E-state index contributed by atoms with van der Waals surface area (Å²) in [5, 5.41) is 16.8. The van der Waals surface area contributed by atoms with Crippen molar-refractivity contribution in [1.29, 1.82) is 0 Å². The van der Waals surface area contributed by atoms with Gasteiger partial charge in [0, 0.05) is 25.9 Å². The Hall–Kier alpha value is -3.80. The summed E-state index contributed by atoms with van der Waals surface area (Å²) in [6.07, 6.45) is 5.85. The monoisotopic (exact) mass is 541 g/mol. The molecule has 0 radical (unpaired) electrons. The van der Waals surface area contributed by atoms with Crippen LogP contribution in [-0.4, -0.2) is 71.0 Å². The molecule has 0 bridgehead atoms. The van der Waals surface area contributed by atoms with Gasteiger partial charge in [0.2, 0.25) is 17.7 Å². The molecule has 5 N–H and O–H groups in total. The predicted octanol–water partition coefficient (Wildman–Crippen LogP) is 0.566. The Kier molecular flexibility index (Phi) is 11.9. The van der Waals surface area contributed by atoms with E-state index in [-0.39, 0.29) is 18.2 Å². The van der Waals surface area contributed by atoms with Gasteiger partial charge in [0.05, 0.1) is 25.0 Å². The van der Waals surface area contributed by atoms with Crippen LogP contribution in [0.4, 0.5) is 0 Å². The van der Waals surface area contributed by atoms with Gasteiger partial charge in [-0.25, -0.2) is 9.48 Å². The average molecular weight is 542 g/mol. The van der Waals surface area contributed by atoms with Crippen molar-refractivity contribution in [2.24, 2.45) is 5.73 Å². The lowest BCUT2D eigenvalue weighted by atomic mass is 10.0. The van der Waals surface area contributed by atoms with E-state index >= 15 is 0 Å². The number of hydrogen-bond donors (Lipinski definition) is 4. The zero-order valence-corrected chi connectivity index (χ0v) is 22.4. The first-order chi connectivity index (χ1) is 18.9. The highest BCUT2D eigenvalue weighted by molar-refractivity contribution is 5.87. The van der Waals surface area contributed by atoms with Gasteiger partial charge in [-0.05, 0) is 50.5 Å². The minimum absolute atomic E-state index is 0.124. The van der Waals surface area contributed by atoms with E-state index in [1.807, 2.05) is 30.3 Å². The number of nitrogens with two attached hydrogens (primary N) is 1. The van der Waals surface area contributed by atoms with Gasteiger partial charge in [0.1, 0.15) is 12.1 Å². The normalized spacial score (nSPS) is 22.8. The first-order valence-electron chi connectivity index (χ1n) is 13.5. The van der Waals surface area contributed by atoms with Gasteiger partial charge >= 0.3 is 5.97 Å². The molecule has 0 aliphatic carbocycles. The Morgan fingerprint density at radius 3 is 2.46 bits per heavy atom. The molecule has 2 aromatic rings. The van der Waals surface area contributed by atoms with Gasteiger partial charge in [0.25, 0.3) is 0 Å². The smallest absolute Gasteiger partial charge is 0.328 e. The van der Waals surface area contributed by atoms with Crippen molar-refractivity contribution >= 4 is 23.7 Å². The van der Waals surface area contributed by atoms with Crippen LogP contribution in [0, 0.1) is 0 Å². The molecule has 12 heteroatoms. The van der Waals surface area contributed by atoms with E-state index in [0.29, 0.717) is 70.2 Å². The predicted molar refractivity (Wildman–Crippen MR) is 143 cm³/mol. The molecule has 0 unspecified atom stereocenters. The van der Waals surface area contributed by atoms with Crippen molar-refractivity contribution in [2.75, 3.05) is 20.2 Å². The number of rotatable bonds is 3. The number of amides is 3. The molecule has 0 saturated heterocycles. The summed E-state index contributed by atoms with van der Waals surface area (Å²) in [7, 11) is 1.27. The number of fused-ring (bicyclic) bond motifs is 1. The van der Waals surface area contributed by atoms with Crippen molar-refractivity contribution < 1.29 is 23.9 Å². The van der Waals surface area contributed by atoms with Crippen LogP contribution in [0.25, 0.3) is 0 Å². The van der Waals surface area contributed by atoms with Crippen LogP contribution in [0.5, 0.6) is 0 Å². The summed E-state index contributed by atoms with van der Waals surface area (Å²) in [5.74, 6) is -1.30. The zero-order valence-electron chi connectivity index (χ0n) is 22.4. The number of carbonyl (C=O) groups excluding carboxylic acids is 4. The minimum Gasteiger partial charge on any atom is -0.467 e. The third-order valence-corrected chi connectivity index (χ3v) is 6.75. The van der Waals surface area contributed by atoms with Gasteiger partial charge in [-0.2, -0.15) is 0 Å². The quantitative estimate of drug-likeness (QED) is 0.409. The van der Waals surface area contributed by atoms with Gasteiger partial charge in [-0.3, -0.25) is 14.4 Å². The largest absolute Gasteiger partial charge is 0.467 e. The molecule has 3 atom stereocenters. The fourth-order valence-electron chi connectivity index (χ4n) is 4.48. The topological polar surface area (TPSA) is 170 Å². The number of carbonyl (C=O) groups is 4.